The van der Waals surface area contributed by atoms with E-state index in [-0.39, 0.29) is 5.60 Å². The van der Waals surface area contributed by atoms with Crippen molar-refractivity contribution >= 4 is 16.6 Å². The summed E-state index contributed by atoms with van der Waals surface area (Å²) in [6.07, 6.45) is -0.833. The monoisotopic (exact) mass is 218 g/mol. The van der Waals surface area contributed by atoms with Crippen LogP contribution in [-0.2, 0) is 3.79 Å². The Kier molecular flexibility index (Phi) is 16.3. The van der Waals surface area contributed by atoms with Gasteiger partial charge in [0.05, 0.1) is 0 Å². The van der Waals surface area contributed by atoms with Crippen LogP contribution in [-0.4, -0.2) is 34.4 Å². The van der Waals surface area contributed by atoms with E-state index in [2.05, 4.69) is 16.6 Å². The third-order valence-corrected chi connectivity index (χ3v) is 1.06. The van der Waals surface area contributed by atoms with Crippen molar-refractivity contribution < 1.29 is 14.0 Å². The van der Waals surface area contributed by atoms with E-state index < -0.39 is 12.2 Å². The van der Waals surface area contributed by atoms with Gasteiger partial charge in [0.1, 0.15) is 0 Å². The first-order chi connectivity index (χ1) is 6.02. The summed E-state index contributed by atoms with van der Waals surface area (Å²) in [5, 5.41) is 19.1. The van der Waals surface area contributed by atoms with E-state index in [1.165, 1.54) is 0 Å². The van der Waals surface area contributed by atoms with Crippen LogP contribution in [0, 0.1) is 0 Å². The molecule has 4 heteroatoms. The zero-order valence-electron chi connectivity index (χ0n) is 10.5. The molecule has 0 aromatic rings. The van der Waals surface area contributed by atoms with E-state index >= 15 is 0 Å². The smallest absolute Gasteiger partial charge is 0.0783 e. The van der Waals surface area contributed by atoms with Crippen molar-refractivity contribution in [1.82, 2.24) is 0 Å². The first-order valence-electron chi connectivity index (χ1n) is 4.72. The average Bonchev–Trinajstić information content (AvgIpc) is 1.83. The van der Waals surface area contributed by atoms with Crippen LogP contribution in [0.15, 0.2) is 0 Å². The standard InChI is InChI=1S/C4H9O.2C3H7O.Al/c1-4(2,3)5;2*1-3(2)4;/h1-3H3;2*3H,1-2H3;/q3*-1;+3. The van der Waals surface area contributed by atoms with Crippen molar-refractivity contribution in [3.8, 4) is 0 Å². The van der Waals surface area contributed by atoms with Gasteiger partial charge in [0.2, 0.25) is 0 Å². The van der Waals surface area contributed by atoms with Crippen LogP contribution in [0.25, 0.3) is 0 Å². The minimum absolute atomic E-state index is 0.00463. The molecule has 84 valence electrons. The van der Waals surface area contributed by atoms with Gasteiger partial charge in [-0.2, -0.15) is 0 Å². The maximum absolute atomic E-state index is 9.53. The van der Waals surface area contributed by atoms with Crippen molar-refractivity contribution in [1.29, 1.82) is 0 Å². The third-order valence-electron chi connectivity index (χ3n) is 0.354. The summed E-state index contributed by atoms with van der Waals surface area (Å²) in [6.45, 7) is 12.4. The van der Waals surface area contributed by atoms with Crippen LogP contribution in [0.4, 0.5) is 0 Å². The van der Waals surface area contributed by atoms with Gasteiger partial charge in [-0.3, -0.25) is 0 Å². The van der Waals surface area contributed by atoms with Crippen LogP contribution in [0.5, 0.6) is 0 Å². The SMILES string of the molecule is CC(C)(C)[O][Al+2].CC(C)[O-].CC(C)[O-]. The molecule has 0 bridgehead atoms. The van der Waals surface area contributed by atoms with Gasteiger partial charge in [0.25, 0.3) is 0 Å². The molecule has 0 fully saturated rings. The third kappa shape index (κ3) is 139. The fourth-order valence-electron chi connectivity index (χ4n) is 0. The van der Waals surface area contributed by atoms with Gasteiger partial charge in [-0.25, -0.2) is 0 Å². The van der Waals surface area contributed by atoms with E-state index in [0.717, 1.165) is 0 Å². The molecule has 0 spiro atoms. The molecule has 0 aliphatic heterocycles. The van der Waals surface area contributed by atoms with Crippen LogP contribution < -0.4 is 10.2 Å². The minimum atomic E-state index is -0.417. The Morgan fingerprint density at radius 3 is 1.00 bits per heavy atom. The van der Waals surface area contributed by atoms with Gasteiger partial charge in [-0.1, -0.05) is 27.7 Å². The second-order valence-electron chi connectivity index (χ2n) is 4.33. The normalized spacial score (nSPS) is 10.4. The first kappa shape index (κ1) is 19.9. The second-order valence-corrected chi connectivity index (χ2v) is 4.56. The molecule has 0 saturated heterocycles. The Bertz CT molecular complexity index is 86.5. The van der Waals surface area contributed by atoms with Gasteiger partial charge in [-0.15, -0.1) is 12.2 Å². The molecule has 0 aliphatic carbocycles. The molecule has 0 amide bonds. The Morgan fingerprint density at radius 1 is 0.929 bits per heavy atom. The van der Waals surface area contributed by atoms with Crippen molar-refractivity contribution in [2.75, 3.05) is 0 Å². The van der Waals surface area contributed by atoms with E-state index in [0.29, 0.717) is 0 Å². The van der Waals surface area contributed by atoms with Crippen molar-refractivity contribution in [2.24, 2.45) is 0 Å². The quantitative estimate of drug-likeness (QED) is 0.553. The molecule has 0 aliphatic rings. The Labute approximate surface area is 97.2 Å². The molecule has 0 N–H and O–H groups in total. The zero-order chi connectivity index (χ0) is 12.4. The Morgan fingerprint density at radius 2 is 1.00 bits per heavy atom. The summed E-state index contributed by atoms with van der Waals surface area (Å²) in [4.78, 5) is 0. The average molecular weight is 218 g/mol. The van der Waals surface area contributed by atoms with E-state index in [4.69, 9.17) is 3.79 Å². The van der Waals surface area contributed by atoms with Crippen molar-refractivity contribution in [2.45, 2.75) is 66.3 Å². The fraction of sp³-hybridized carbons (Fsp3) is 1.00. The molecule has 0 heterocycles. The summed E-state index contributed by atoms with van der Waals surface area (Å²) in [5.41, 5.74) is 0.00463. The molecular formula is C10H23AlO3. The van der Waals surface area contributed by atoms with Gasteiger partial charge in [-0.05, 0) is 0 Å². The van der Waals surface area contributed by atoms with Gasteiger partial charge in [0.15, 0.2) is 0 Å². The van der Waals surface area contributed by atoms with Gasteiger partial charge >= 0.3 is 46.8 Å². The number of hydrogen-bond acceptors (Lipinski definition) is 3. The predicted molar refractivity (Wildman–Crippen MR) is 56.9 cm³/mol. The van der Waals surface area contributed by atoms with Crippen molar-refractivity contribution in [3.05, 3.63) is 0 Å². The zero-order valence-corrected chi connectivity index (χ0v) is 11.6. The predicted octanol–water partition coefficient (Wildman–Crippen LogP) is 0.395. The Balaban J connectivity index is -0.000000135. The molecule has 0 radical (unpaired) electrons. The molecule has 3 nitrogen and oxygen atoms in total. The van der Waals surface area contributed by atoms with E-state index in [9.17, 15) is 10.2 Å². The Hall–Kier alpha value is 0.412. The van der Waals surface area contributed by atoms with E-state index in [1.54, 1.807) is 27.7 Å². The summed E-state index contributed by atoms with van der Waals surface area (Å²) in [5.74, 6) is 0. The number of rotatable bonds is 0. The largest absolute Gasteiger partial charge is 0.852 e. The molecule has 0 rings (SSSR count). The van der Waals surface area contributed by atoms with Gasteiger partial charge < -0.3 is 10.2 Å². The molecule has 0 saturated carbocycles. The molecule has 0 atom stereocenters. The van der Waals surface area contributed by atoms with Crippen LogP contribution in [0.2, 0.25) is 0 Å². The van der Waals surface area contributed by atoms with Crippen LogP contribution >= 0.6 is 0 Å². The molecule has 14 heavy (non-hydrogen) atoms. The molecular weight excluding hydrogens is 195 g/mol. The summed E-state index contributed by atoms with van der Waals surface area (Å²) in [6, 6.07) is 0. The first-order valence-corrected chi connectivity index (χ1v) is 5.19. The van der Waals surface area contributed by atoms with Crippen LogP contribution in [0.1, 0.15) is 48.5 Å². The topological polar surface area (TPSA) is 55.3 Å². The molecule has 0 unspecified atom stereocenters. The molecule has 0 aromatic carbocycles. The molecule has 0 aromatic heterocycles. The van der Waals surface area contributed by atoms with E-state index in [1.807, 2.05) is 20.8 Å². The minimum Gasteiger partial charge on any atom is -0.852 e. The summed E-state index contributed by atoms with van der Waals surface area (Å²) < 4.78 is 4.85. The van der Waals surface area contributed by atoms with Crippen molar-refractivity contribution in [3.63, 3.8) is 0 Å². The fourth-order valence-corrected chi connectivity index (χ4v) is 0. The van der Waals surface area contributed by atoms with Gasteiger partial charge in [0, 0.05) is 0 Å². The summed E-state index contributed by atoms with van der Waals surface area (Å²) >= 11 is 2.22. The number of hydrogen-bond donors (Lipinski definition) is 0. The summed E-state index contributed by atoms with van der Waals surface area (Å²) in [7, 11) is 0. The maximum atomic E-state index is 9.53. The second kappa shape index (κ2) is 11.5. The van der Waals surface area contributed by atoms with Crippen LogP contribution in [0.3, 0.4) is 0 Å². The maximum Gasteiger partial charge on any atom is -0.0783 e.